The summed E-state index contributed by atoms with van der Waals surface area (Å²) in [6, 6.07) is 8.82. The minimum atomic E-state index is 0.220. The molecule has 18 heavy (non-hydrogen) atoms. The highest BCUT2D eigenvalue weighted by atomic mass is 127. The molecule has 1 unspecified atom stereocenters. The molecule has 0 aromatic heterocycles. The van der Waals surface area contributed by atoms with Gasteiger partial charge in [-0.1, -0.05) is 64.0 Å². The fraction of sp³-hybridized carbons (Fsp3) is 0.625. The van der Waals surface area contributed by atoms with Gasteiger partial charge in [-0.25, -0.2) is 0 Å². The second-order valence-electron chi connectivity index (χ2n) is 5.07. The Bertz CT molecular complexity index is 307. The predicted octanol–water partition coefficient (Wildman–Crippen LogP) is 5.43. The lowest BCUT2D eigenvalue weighted by Gasteiger charge is -2.11. The van der Waals surface area contributed by atoms with Gasteiger partial charge in [-0.15, -0.1) is 0 Å². The summed E-state index contributed by atoms with van der Waals surface area (Å²) >= 11 is 2.33. The highest BCUT2D eigenvalue weighted by molar-refractivity contribution is 14.1. The van der Waals surface area contributed by atoms with Gasteiger partial charge in [-0.3, -0.25) is 0 Å². The molecular weight excluding hydrogens is 333 g/mol. The van der Waals surface area contributed by atoms with Crippen LogP contribution in [-0.4, -0.2) is 0 Å². The fourth-order valence-corrected chi connectivity index (χ4v) is 2.56. The molecule has 0 aliphatic heterocycles. The molecule has 0 radical (unpaired) electrons. The third kappa shape index (κ3) is 6.74. The minimum absolute atomic E-state index is 0.220. The van der Waals surface area contributed by atoms with E-state index >= 15 is 0 Å². The lowest BCUT2D eigenvalue weighted by atomic mass is 10.0. The molecule has 0 heterocycles. The van der Waals surface area contributed by atoms with E-state index in [9.17, 15) is 0 Å². The van der Waals surface area contributed by atoms with Gasteiger partial charge in [0.15, 0.2) is 0 Å². The van der Waals surface area contributed by atoms with Gasteiger partial charge >= 0.3 is 0 Å². The zero-order chi connectivity index (χ0) is 13.2. The van der Waals surface area contributed by atoms with Gasteiger partial charge in [-0.2, -0.15) is 0 Å². The lowest BCUT2D eigenvalue weighted by Crippen LogP contribution is -2.09. The van der Waals surface area contributed by atoms with Gasteiger partial charge in [0.25, 0.3) is 0 Å². The Morgan fingerprint density at radius 2 is 1.50 bits per heavy atom. The molecule has 0 bridgehead atoms. The Balaban J connectivity index is 2.10. The number of halogens is 1. The first-order chi connectivity index (χ1) is 8.74. The van der Waals surface area contributed by atoms with Crippen molar-refractivity contribution in [3.63, 3.8) is 0 Å². The topological polar surface area (TPSA) is 26.0 Å². The first-order valence-electron chi connectivity index (χ1n) is 7.25. The van der Waals surface area contributed by atoms with Crippen LogP contribution in [0.4, 0.5) is 0 Å². The largest absolute Gasteiger partial charge is 0.324 e. The molecule has 0 spiro atoms. The number of benzene rings is 1. The summed E-state index contributed by atoms with van der Waals surface area (Å²) in [6.45, 7) is 2.26. The standard InChI is InChI=1S/C16H26IN/c1-2-3-4-5-6-7-8-9-16(18)14-10-12-15(17)13-11-14/h10-13,16H,2-9,18H2,1H3. The maximum Gasteiger partial charge on any atom is 0.0294 e. The zero-order valence-corrected chi connectivity index (χ0v) is 13.7. The number of rotatable bonds is 9. The van der Waals surface area contributed by atoms with Gasteiger partial charge in [-0.05, 0) is 46.7 Å². The molecule has 0 saturated carbocycles. The van der Waals surface area contributed by atoms with E-state index in [4.69, 9.17) is 5.73 Å². The molecule has 0 saturated heterocycles. The van der Waals surface area contributed by atoms with Crippen molar-refractivity contribution in [2.75, 3.05) is 0 Å². The third-order valence-electron chi connectivity index (χ3n) is 3.42. The Morgan fingerprint density at radius 3 is 2.11 bits per heavy atom. The molecule has 0 aliphatic rings. The van der Waals surface area contributed by atoms with E-state index in [2.05, 4.69) is 53.8 Å². The van der Waals surface area contributed by atoms with E-state index < -0.39 is 0 Å². The number of hydrogen-bond acceptors (Lipinski definition) is 1. The molecular formula is C16H26IN. The van der Waals surface area contributed by atoms with Gasteiger partial charge in [0, 0.05) is 9.61 Å². The molecule has 1 rings (SSSR count). The average Bonchev–Trinajstić information content (AvgIpc) is 2.38. The van der Waals surface area contributed by atoms with Crippen LogP contribution in [-0.2, 0) is 0 Å². The van der Waals surface area contributed by atoms with Crippen LogP contribution in [0.1, 0.15) is 69.9 Å². The Kier molecular flexibility index (Phi) is 8.68. The van der Waals surface area contributed by atoms with Gasteiger partial charge in [0.2, 0.25) is 0 Å². The number of hydrogen-bond donors (Lipinski definition) is 1. The summed E-state index contributed by atoms with van der Waals surface area (Å²) in [5.74, 6) is 0. The van der Waals surface area contributed by atoms with Crippen LogP contribution in [0.25, 0.3) is 0 Å². The summed E-state index contributed by atoms with van der Waals surface area (Å²) in [6.07, 6.45) is 10.6. The van der Waals surface area contributed by atoms with Crippen LogP contribution in [0.2, 0.25) is 0 Å². The summed E-state index contributed by atoms with van der Waals surface area (Å²) in [5, 5.41) is 0. The van der Waals surface area contributed by atoms with Crippen LogP contribution in [0, 0.1) is 3.57 Å². The zero-order valence-electron chi connectivity index (χ0n) is 11.5. The summed E-state index contributed by atoms with van der Waals surface area (Å²) in [7, 11) is 0. The van der Waals surface area contributed by atoms with Crippen molar-refractivity contribution in [2.45, 2.75) is 64.3 Å². The second kappa shape index (κ2) is 9.79. The normalized spacial score (nSPS) is 12.6. The number of nitrogens with two attached hydrogens (primary N) is 1. The first kappa shape index (κ1) is 16.0. The smallest absolute Gasteiger partial charge is 0.0294 e. The molecule has 0 amide bonds. The second-order valence-corrected chi connectivity index (χ2v) is 6.31. The van der Waals surface area contributed by atoms with Crippen molar-refractivity contribution in [1.29, 1.82) is 0 Å². The van der Waals surface area contributed by atoms with Crippen LogP contribution in [0.15, 0.2) is 24.3 Å². The van der Waals surface area contributed by atoms with Crippen LogP contribution < -0.4 is 5.73 Å². The highest BCUT2D eigenvalue weighted by Gasteiger charge is 2.05. The lowest BCUT2D eigenvalue weighted by molar-refractivity contribution is 0.541. The average molecular weight is 359 g/mol. The van der Waals surface area contributed by atoms with Crippen LogP contribution in [0.5, 0.6) is 0 Å². The van der Waals surface area contributed by atoms with Crippen molar-refractivity contribution in [3.05, 3.63) is 33.4 Å². The van der Waals surface area contributed by atoms with Crippen LogP contribution >= 0.6 is 22.6 Å². The van der Waals surface area contributed by atoms with E-state index in [1.54, 1.807) is 0 Å². The Morgan fingerprint density at radius 1 is 0.944 bits per heavy atom. The van der Waals surface area contributed by atoms with E-state index in [1.807, 2.05) is 0 Å². The molecule has 1 aromatic carbocycles. The summed E-state index contributed by atoms with van der Waals surface area (Å²) < 4.78 is 1.28. The molecule has 0 fully saturated rings. The van der Waals surface area contributed by atoms with Crippen LogP contribution in [0.3, 0.4) is 0 Å². The molecule has 2 N–H and O–H groups in total. The SMILES string of the molecule is CCCCCCCCCC(N)c1ccc(I)cc1. The summed E-state index contributed by atoms with van der Waals surface area (Å²) in [5.41, 5.74) is 7.48. The number of unbranched alkanes of at least 4 members (excludes halogenated alkanes) is 6. The summed E-state index contributed by atoms with van der Waals surface area (Å²) in [4.78, 5) is 0. The Hall–Kier alpha value is -0.0900. The van der Waals surface area contributed by atoms with Gasteiger partial charge < -0.3 is 5.73 Å². The molecule has 102 valence electrons. The predicted molar refractivity (Wildman–Crippen MR) is 88.7 cm³/mol. The Labute approximate surface area is 126 Å². The maximum atomic E-state index is 6.21. The van der Waals surface area contributed by atoms with Crippen molar-refractivity contribution in [2.24, 2.45) is 5.73 Å². The monoisotopic (exact) mass is 359 g/mol. The van der Waals surface area contributed by atoms with Gasteiger partial charge in [0.1, 0.15) is 0 Å². The van der Waals surface area contributed by atoms with Gasteiger partial charge in [0.05, 0.1) is 0 Å². The van der Waals surface area contributed by atoms with Crippen molar-refractivity contribution in [3.8, 4) is 0 Å². The van der Waals surface area contributed by atoms with Crippen molar-refractivity contribution in [1.82, 2.24) is 0 Å². The highest BCUT2D eigenvalue weighted by Crippen LogP contribution is 2.19. The molecule has 2 heteroatoms. The minimum Gasteiger partial charge on any atom is -0.324 e. The fourth-order valence-electron chi connectivity index (χ4n) is 2.20. The van der Waals surface area contributed by atoms with Crippen molar-refractivity contribution >= 4 is 22.6 Å². The maximum absolute atomic E-state index is 6.21. The molecule has 1 atom stereocenters. The molecule has 0 aliphatic carbocycles. The molecule has 1 aromatic rings. The van der Waals surface area contributed by atoms with E-state index in [0.717, 1.165) is 6.42 Å². The molecule has 1 nitrogen and oxygen atoms in total. The van der Waals surface area contributed by atoms with E-state index in [-0.39, 0.29) is 6.04 Å². The van der Waals surface area contributed by atoms with E-state index in [1.165, 1.54) is 54.1 Å². The third-order valence-corrected chi connectivity index (χ3v) is 4.14. The van der Waals surface area contributed by atoms with E-state index in [0.29, 0.717) is 0 Å². The quantitative estimate of drug-likeness (QED) is 0.462. The van der Waals surface area contributed by atoms with Crippen molar-refractivity contribution < 1.29 is 0 Å². The first-order valence-corrected chi connectivity index (χ1v) is 8.33.